The quantitative estimate of drug-likeness (QED) is 0.136. The molecule has 0 saturated carbocycles. The molecule has 3 aromatic carbocycles. The molecule has 0 spiro atoms. The third-order valence-corrected chi connectivity index (χ3v) is 6.68. The number of hydrogen-bond acceptors (Lipinski definition) is 1. The van der Waals surface area contributed by atoms with Gasteiger partial charge < -0.3 is 4.90 Å². The number of benzene rings is 3. The number of rotatable bonds is 13. The van der Waals surface area contributed by atoms with Gasteiger partial charge in [0.05, 0.1) is 0 Å². The van der Waals surface area contributed by atoms with Crippen molar-refractivity contribution in [2.75, 3.05) is 13.6 Å². The Morgan fingerprint density at radius 1 is 0.694 bits per heavy atom. The third-order valence-electron chi connectivity index (χ3n) is 6.68. The minimum absolute atomic E-state index is 0.0647. The van der Waals surface area contributed by atoms with Gasteiger partial charge in [0.1, 0.15) is 0 Å². The second-order valence-electron chi connectivity index (χ2n) is 9.42. The number of allylic oxidation sites excluding steroid dienone is 1. The second kappa shape index (κ2) is 14.9. The van der Waals surface area contributed by atoms with Gasteiger partial charge in [-0.3, -0.25) is 4.79 Å². The highest BCUT2D eigenvalue weighted by atomic mass is 16.2. The van der Waals surface area contributed by atoms with E-state index in [1.165, 1.54) is 59.9 Å². The van der Waals surface area contributed by atoms with E-state index in [1.807, 2.05) is 18.0 Å². The highest BCUT2D eigenvalue weighted by molar-refractivity contribution is 5.98. The Kier molecular flexibility index (Phi) is 11.2. The molecule has 2 heteroatoms. The van der Waals surface area contributed by atoms with Crippen molar-refractivity contribution in [2.45, 2.75) is 58.8 Å². The highest BCUT2D eigenvalue weighted by Gasteiger charge is 2.12. The summed E-state index contributed by atoms with van der Waals surface area (Å²) in [6, 6.07) is 29.8. The maximum atomic E-state index is 12.6. The Balaban J connectivity index is 1.73. The molecule has 0 aromatic heterocycles. The predicted octanol–water partition coefficient (Wildman–Crippen LogP) is 8.89. The van der Waals surface area contributed by atoms with Crippen LogP contribution >= 0.6 is 0 Å². The van der Waals surface area contributed by atoms with E-state index in [4.69, 9.17) is 0 Å². The first-order chi connectivity index (χ1) is 17.6. The summed E-state index contributed by atoms with van der Waals surface area (Å²) in [6.07, 6.45) is 12.0. The van der Waals surface area contributed by atoms with Gasteiger partial charge in [0.2, 0.25) is 5.91 Å². The molecule has 1 amide bonds. The van der Waals surface area contributed by atoms with Gasteiger partial charge in [-0.05, 0) is 52.3 Å². The Morgan fingerprint density at radius 2 is 1.25 bits per heavy atom. The van der Waals surface area contributed by atoms with Crippen LogP contribution < -0.4 is 0 Å². The van der Waals surface area contributed by atoms with Crippen LogP contribution in [0.2, 0.25) is 0 Å². The molecule has 0 aliphatic rings. The number of unbranched alkanes of at least 4 members (excludes halogenated alkanes) is 5. The summed E-state index contributed by atoms with van der Waals surface area (Å²) in [5.74, 6) is 0.0647. The number of carbonyl (C=O) groups is 1. The average molecular weight is 480 g/mol. The summed E-state index contributed by atoms with van der Waals surface area (Å²) >= 11 is 0. The zero-order valence-electron chi connectivity index (χ0n) is 22.2. The average Bonchev–Trinajstić information content (AvgIpc) is 2.93. The Hall–Kier alpha value is -3.39. The Morgan fingerprint density at radius 3 is 1.86 bits per heavy atom. The van der Waals surface area contributed by atoms with Gasteiger partial charge in [-0.1, -0.05) is 131 Å². The van der Waals surface area contributed by atoms with E-state index in [0.29, 0.717) is 0 Å². The summed E-state index contributed by atoms with van der Waals surface area (Å²) in [7, 11) is 1.90. The van der Waals surface area contributed by atoms with E-state index in [1.54, 1.807) is 6.08 Å². The summed E-state index contributed by atoms with van der Waals surface area (Å²) < 4.78 is 0. The van der Waals surface area contributed by atoms with Crippen LogP contribution in [0, 0.1) is 0 Å². The first-order valence-corrected chi connectivity index (χ1v) is 13.5. The van der Waals surface area contributed by atoms with E-state index in [2.05, 4.69) is 98.8 Å². The molecule has 0 aliphatic heterocycles. The molecule has 0 N–H and O–H groups in total. The lowest BCUT2D eigenvalue weighted by molar-refractivity contribution is -0.124. The molecular formula is C34H41NO. The largest absolute Gasteiger partial charge is 0.342 e. The molecule has 3 aromatic rings. The molecule has 0 unspecified atom stereocenters. The summed E-state index contributed by atoms with van der Waals surface area (Å²) in [5, 5.41) is 0. The highest BCUT2D eigenvalue weighted by Crippen LogP contribution is 2.34. The fraction of sp³-hybridized carbons (Fsp3) is 0.324. The van der Waals surface area contributed by atoms with Crippen molar-refractivity contribution in [1.82, 2.24) is 4.90 Å². The minimum Gasteiger partial charge on any atom is -0.342 e. The van der Waals surface area contributed by atoms with E-state index in [-0.39, 0.29) is 5.91 Å². The van der Waals surface area contributed by atoms with Crippen LogP contribution in [0.3, 0.4) is 0 Å². The van der Waals surface area contributed by atoms with Crippen molar-refractivity contribution in [3.63, 3.8) is 0 Å². The standard InChI is InChI=1S/C34H41NO/c1-4-6-7-8-9-16-27-35(3)33(36)26-23-28-21-24-31(25-22-28)34(30-19-14-11-15-20-30)32(5-2)29-17-12-10-13-18-29/h10-15,17-26H,4-9,16,27H2,1-3H3/b26-23+,34-32-. The maximum Gasteiger partial charge on any atom is 0.246 e. The van der Waals surface area contributed by atoms with Crippen molar-refractivity contribution in [2.24, 2.45) is 0 Å². The van der Waals surface area contributed by atoms with Crippen molar-refractivity contribution < 1.29 is 4.79 Å². The first kappa shape index (κ1) is 27.2. The van der Waals surface area contributed by atoms with Crippen molar-refractivity contribution in [1.29, 1.82) is 0 Å². The minimum atomic E-state index is 0.0647. The molecule has 0 atom stereocenters. The van der Waals surface area contributed by atoms with Gasteiger partial charge in [-0.15, -0.1) is 0 Å². The molecule has 0 aliphatic carbocycles. The van der Waals surface area contributed by atoms with Gasteiger partial charge in [0, 0.05) is 19.7 Å². The van der Waals surface area contributed by atoms with E-state index in [9.17, 15) is 4.79 Å². The smallest absolute Gasteiger partial charge is 0.246 e. The summed E-state index contributed by atoms with van der Waals surface area (Å²) in [5.41, 5.74) is 7.27. The number of likely N-dealkylation sites (N-methyl/N-ethyl adjacent to an activating group) is 1. The van der Waals surface area contributed by atoms with Crippen LogP contribution in [0.25, 0.3) is 17.2 Å². The SMILES string of the molecule is CCCCCCCCN(C)C(=O)/C=C/c1ccc(/C(=C(/CC)c2ccccc2)c2ccccc2)cc1. The number of hydrogen-bond donors (Lipinski definition) is 0. The lowest BCUT2D eigenvalue weighted by Crippen LogP contribution is -2.25. The fourth-order valence-electron chi connectivity index (χ4n) is 4.58. The van der Waals surface area contributed by atoms with Crippen LogP contribution in [0.1, 0.15) is 81.0 Å². The topological polar surface area (TPSA) is 20.3 Å². The second-order valence-corrected chi connectivity index (χ2v) is 9.42. The van der Waals surface area contributed by atoms with Crippen LogP contribution in [0.4, 0.5) is 0 Å². The molecule has 2 nitrogen and oxygen atoms in total. The third kappa shape index (κ3) is 8.09. The number of carbonyl (C=O) groups excluding carboxylic acids is 1. The van der Waals surface area contributed by atoms with Gasteiger partial charge in [0.25, 0.3) is 0 Å². The predicted molar refractivity (Wildman–Crippen MR) is 156 cm³/mol. The first-order valence-electron chi connectivity index (χ1n) is 13.5. The molecule has 36 heavy (non-hydrogen) atoms. The lowest BCUT2D eigenvalue weighted by Gasteiger charge is -2.16. The molecule has 0 heterocycles. The zero-order chi connectivity index (χ0) is 25.6. The molecule has 0 saturated heterocycles. The van der Waals surface area contributed by atoms with Crippen molar-refractivity contribution in [3.8, 4) is 0 Å². The molecule has 188 valence electrons. The molecular weight excluding hydrogens is 438 g/mol. The summed E-state index contributed by atoms with van der Waals surface area (Å²) in [6.45, 7) is 5.27. The molecule has 0 bridgehead atoms. The number of amides is 1. The zero-order valence-corrected chi connectivity index (χ0v) is 22.2. The molecule has 3 rings (SSSR count). The van der Waals surface area contributed by atoms with Gasteiger partial charge >= 0.3 is 0 Å². The Labute approximate surface area is 218 Å². The fourth-order valence-corrected chi connectivity index (χ4v) is 4.58. The van der Waals surface area contributed by atoms with Crippen LogP contribution in [-0.2, 0) is 4.79 Å². The van der Waals surface area contributed by atoms with Crippen molar-refractivity contribution in [3.05, 3.63) is 113 Å². The molecule has 0 fully saturated rings. The normalized spacial score (nSPS) is 12.0. The van der Waals surface area contributed by atoms with Crippen LogP contribution in [0.15, 0.2) is 91.0 Å². The van der Waals surface area contributed by atoms with Gasteiger partial charge in [-0.2, -0.15) is 0 Å². The monoisotopic (exact) mass is 479 g/mol. The van der Waals surface area contributed by atoms with E-state index >= 15 is 0 Å². The van der Waals surface area contributed by atoms with E-state index in [0.717, 1.165) is 24.9 Å². The maximum absolute atomic E-state index is 12.6. The molecule has 0 radical (unpaired) electrons. The van der Waals surface area contributed by atoms with Crippen molar-refractivity contribution >= 4 is 23.1 Å². The van der Waals surface area contributed by atoms with Crippen LogP contribution in [-0.4, -0.2) is 24.4 Å². The number of nitrogens with zero attached hydrogens (tertiary/aromatic N) is 1. The lowest BCUT2D eigenvalue weighted by atomic mass is 9.88. The van der Waals surface area contributed by atoms with Crippen LogP contribution in [0.5, 0.6) is 0 Å². The van der Waals surface area contributed by atoms with Gasteiger partial charge in [-0.25, -0.2) is 0 Å². The summed E-state index contributed by atoms with van der Waals surface area (Å²) in [4.78, 5) is 14.4. The van der Waals surface area contributed by atoms with E-state index < -0.39 is 0 Å². The van der Waals surface area contributed by atoms with Gasteiger partial charge in [0.15, 0.2) is 0 Å². The Bertz CT molecular complexity index is 1110.